The number of hydrogen-bond donors (Lipinski definition) is 0. The van der Waals surface area contributed by atoms with Gasteiger partial charge in [0.15, 0.2) is 0 Å². The van der Waals surface area contributed by atoms with E-state index in [1.54, 1.807) is 0 Å². The number of rotatable bonds is 15. The van der Waals surface area contributed by atoms with Gasteiger partial charge in [0.05, 0.1) is 22.1 Å². The first-order valence-corrected chi connectivity index (χ1v) is 39.7. The topological polar surface area (TPSA) is 16.3 Å². The maximum Gasteiger partial charge on any atom is 0.0541 e. The molecule has 0 saturated heterocycles. The molecule has 2 heterocycles. The Morgan fingerprint density at radius 3 is 0.757 bits per heavy atom. The number of para-hydroxylation sites is 4. The van der Waals surface area contributed by atoms with E-state index in [0.29, 0.717) is 0 Å². The summed E-state index contributed by atoms with van der Waals surface area (Å²) in [5.74, 6) is 0. The zero-order chi connectivity index (χ0) is 76.8. The van der Waals surface area contributed by atoms with Crippen molar-refractivity contribution in [3.8, 4) is 100 Å². The Morgan fingerprint density at radius 1 is 0.174 bits per heavy atom. The summed E-state index contributed by atoms with van der Waals surface area (Å²) in [4.78, 5) is 4.73. The van der Waals surface area contributed by atoms with Crippen molar-refractivity contribution in [3.05, 3.63) is 460 Å². The molecule has 0 saturated carbocycles. The molecule has 0 bridgehead atoms. The maximum atomic E-state index is 2.44. The van der Waals surface area contributed by atoms with Crippen molar-refractivity contribution in [2.75, 3.05) is 9.80 Å². The van der Waals surface area contributed by atoms with E-state index in [1.165, 1.54) is 155 Å². The summed E-state index contributed by atoms with van der Waals surface area (Å²) in [6, 6.07) is 163. The molecule has 0 atom stereocenters. The molecule has 4 heteroatoms. The highest BCUT2D eigenvalue weighted by atomic mass is 15.1. The average molecular weight is 1470 g/mol. The van der Waals surface area contributed by atoms with E-state index >= 15 is 0 Å². The SMILES string of the molecule is CC1(C)c2cc(-c3ccc4c(c3)c3ccccc3n4-c3ccccc3)ccc2-c2ccc(N(c3ccc(-c4ccccc4)cc3)c3ccc(-c4ccccc4)cc3)cc21.c1ccc(-c2ccc(N(c3ccc(-c4ccccc4)cc3)c3ccc(-c4ccc(-c5ccc6c(c5)c5ccccc5n6-c5ccccc5)cc4)cc3)cc2)cc1. The average Bonchev–Trinajstić information content (AvgIpc) is 1.23. The fourth-order valence-corrected chi connectivity index (χ4v) is 17.3. The van der Waals surface area contributed by atoms with Gasteiger partial charge in [0, 0.05) is 72.5 Å². The molecule has 2 aromatic heterocycles. The largest absolute Gasteiger partial charge is 0.311 e. The second-order valence-corrected chi connectivity index (χ2v) is 30.4. The molecule has 0 amide bonds. The van der Waals surface area contributed by atoms with Crippen molar-refractivity contribution in [1.29, 1.82) is 0 Å². The van der Waals surface area contributed by atoms with Crippen LogP contribution >= 0.6 is 0 Å². The van der Waals surface area contributed by atoms with Gasteiger partial charge in [0.25, 0.3) is 0 Å². The Labute approximate surface area is 671 Å². The van der Waals surface area contributed by atoms with Crippen molar-refractivity contribution < 1.29 is 0 Å². The van der Waals surface area contributed by atoms with Crippen molar-refractivity contribution in [1.82, 2.24) is 9.13 Å². The first-order chi connectivity index (χ1) is 56.8. The van der Waals surface area contributed by atoms with Crippen LogP contribution in [0.3, 0.4) is 0 Å². The summed E-state index contributed by atoms with van der Waals surface area (Å²) in [6.07, 6.45) is 0. The normalized spacial score (nSPS) is 12.0. The van der Waals surface area contributed by atoms with E-state index in [-0.39, 0.29) is 5.41 Å². The van der Waals surface area contributed by atoms with E-state index in [4.69, 9.17) is 0 Å². The van der Waals surface area contributed by atoms with Gasteiger partial charge in [0.2, 0.25) is 0 Å². The standard InChI is InChI=1S/C57H42N2.C54H38N2/c1-57(2)53-37-44(43-27-35-56-52(36-43)51-20-12-13-21-55(51)59(56)45-18-10-5-11-19-45)26-33-49(53)50-34-32-48(38-54(50)57)58(46-28-22-41(23-29-46)39-14-6-3-7-15-39)47-30-24-42(25-31-47)40-16-8-4-9-17-40;1-4-12-39(13-5-1)42-24-31-48(32-25-42)55(49-33-26-43(27-34-49)40-14-6-2-7-15-40)50-35-28-44(29-36-50)41-20-22-45(23-21-41)46-30-37-54-52(38-46)51-18-10-11-19-53(51)56(54)47-16-8-3-9-17-47/h3-38H,1-2H3;1-38H. The molecule has 0 fully saturated rings. The number of hydrogen-bond acceptors (Lipinski definition) is 2. The van der Waals surface area contributed by atoms with E-state index in [0.717, 1.165) is 34.1 Å². The van der Waals surface area contributed by atoms with Crippen LogP contribution in [0.2, 0.25) is 0 Å². The van der Waals surface area contributed by atoms with Gasteiger partial charge in [-0.3, -0.25) is 0 Å². The molecule has 0 aliphatic heterocycles. The molecule has 1 aliphatic rings. The second kappa shape index (κ2) is 29.8. The van der Waals surface area contributed by atoms with Gasteiger partial charge in [0.1, 0.15) is 0 Å². The molecule has 4 nitrogen and oxygen atoms in total. The van der Waals surface area contributed by atoms with Crippen LogP contribution in [0.25, 0.3) is 144 Å². The Balaban J connectivity index is 0.000000149. The number of benzene rings is 18. The summed E-state index contributed by atoms with van der Waals surface area (Å²) in [5.41, 5.74) is 36.0. The monoisotopic (exact) mass is 1470 g/mol. The molecular weight excluding hydrogens is 1390 g/mol. The number of nitrogens with zero attached hydrogens (tertiary/aromatic N) is 4. The molecule has 21 rings (SSSR count). The molecule has 0 N–H and O–H groups in total. The third kappa shape index (κ3) is 13.1. The van der Waals surface area contributed by atoms with Crippen LogP contribution in [0.1, 0.15) is 25.0 Å². The second-order valence-electron chi connectivity index (χ2n) is 30.4. The third-order valence-corrected chi connectivity index (χ3v) is 23.2. The van der Waals surface area contributed by atoms with Gasteiger partial charge in [-0.05, 0) is 240 Å². The Hall–Kier alpha value is -14.8. The van der Waals surface area contributed by atoms with E-state index in [1.807, 2.05) is 0 Å². The van der Waals surface area contributed by atoms with Crippen LogP contribution in [0.15, 0.2) is 449 Å². The first-order valence-electron chi connectivity index (χ1n) is 39.7. The minimum absolute atomic E-state index is 0.204. The summed E-state index contributed by atoms with van der Waals surface area (Å²) < 4.78 is 4.74. The molecule has 544 valence electrons. The quantitative estimate of drug-likeness (QED) is 0.102. The number of anilines is 6. The van der Waals surface area contributed by atoms with Gasteiger partial charge in [-0.2, -0.15) is 0 Å². The molecule has 18 aromatic carbocycles. The Bertz CT molecular complexity index is 6710. The lowest BCUT2D eigenvalue weighted by Crippen LogP contribution is -2.16. The minimum atomic E-state index is -0.204. The van der Waals surface area contributed by atoms with Crippen LogP contribution in [0.5, 0.6) is 0 Å². The Morgan fingerprint density at radius 2 is 0.400 bits per heavy atom. The summed E-state index contributed by atoms with van der Waals surface area (Å²) in [6.45, 7) is 4.77. The lowest BCUT2D eigenvalue weighted by atomic mass is 9.81. The summed E-state index contributed by atoms with van der Waals surface area (Å²) in [7, 11) is 0. The molecule has 20 aromatic rings. The summed E-state index contributed by atoms with van der Waals surface area (Å²) >= 11 is 0. The number of fused-ring (bicyclic) bond motifs is 9. The fraction of sp³-hybridized carbons (Fsp3) is 0.0270. The minimum Gasteiger partial charge on any atom is -0.311 e. The van der Waals surface area contributed by atoms with Crippen LogP contribution in [0, 0.1) is 0 Å². The molecule has 0 spiro atoms. The molecule has 0 unspecified atom stereocenters. The highest BCUT2D eigenvalue weighted by Gasteiger charge is 2.37. The molecule has 1 aliphatic carbocycles. The van der Waals surface area contributed by atoms with Gasteiger partial charge in [-0.1, -0.05) is 323 Å². The predicted molar refractivity (Wildman–Crippen MR) is 487 cm³/mol. The zero-order valence-electron chi connectivity index (χ0n) is 64.0. The highest BCUT2D eigenvalue weighted by Crippen LogP contribution is 2.53. The van der Waals surface area contributed by atoms with Crippen LogP contribution in [-0.4, -0.2) is 9.13 Å². The van der Waals surface area contributed by atoms with E-state index in [2.05, 4.69) is 482 Å². The smallest absolute Gasteiger partial charge is 0.0541 e. The fourth-order valence-electron chi connectivity index (χ4n) is 17.3. The van der Waals surface area contributed by atoms with Gasteiger partial charge in [-0.25, -0.2) is 0 Å². The van der Waals surface area contributed by atoms with Crippen LogP contribution < -0.4 is 9.80 Å². The van der Waals surface area contributed by atoms with Crippen LogP contribution in [0.4, 0.5) is 34.1 Å². The number of aromatic nitrogens is 2. The van der Waals surface area contributed by atoms with Crippen LogP contribution in [-0.2, 0) is 5.41 Å². The van der Waals surface area contributed by atoms with Crippen molar-refractivity contribution in [3.63, 3.8) is 0 Å². The van der Waals surface area contributed by atoms with Crippen molar-refractivity contribution in [2.45, 2.75) is 19.3 Å². The zero-order valence-corrected chi connectivity index (χ0v) is 64.0. The summed E-state index contributed by atoms with van der Waals surface area (Å²) in [5, 5.41) is 5.06. The molecule has 0 radical (unpaired) electrons. The van der Waals surface area contributed by atoms with E-state index < -0.39 is 0 Å². The van der Waals surface area contributed by atoms with Crippen molar-refractivity contribution >= 4 is 77.7 Å². The predicted octanol–water partition coefficient (Wildman–Crippen LogP) is 30.5. The lowest BCUT2D eigenvalue weighted by Gasteiger charge is -2.28. The van der Waals surface area contributed by atoms with Gasteiger partial charge >= 0.3 is 0 Å². The van der Waals surface area contributed by atoms with Gasteiger partial charge in [-0.15, -0.1) is 0 Å². The maximum absolute atomic E-state index is 2.44. The van der Waals surface area contributed by atoms with E-state index in [9.17, 15) is 0 Å². The Kier molecular flexibility index (Phi) is 18.0. The third-order valence-electron chi connectivity index (χ3n) is 23.2. The molecule has 115 heavy (non-hydrogen) atoms. The van der Waals surface area contributed by atoms with Gasteiger partial charge < -0.3 is 18.9 Å². The highest BCUT2D eigenvalue weighted by molar-refractivity contribution is 6.12. The lowest BCUT2D eigenvalue weighted by molar-refractivity contribution is 0.660. The molecular formula is C111H80N4. The first kappa shape index (κ1) is 69.4. The van der Waals surface area contributed by atoms with Crippen molar-refractivity contribution in [2.24, 2.45) is 0 Å².